The molecule has 0 amide bonds. The van der Waals surface area contributed by atoms with Gasteiger partial charge in [0.1, 0.15) is 0 Å². The van der Waals surface area contributed by atoms with E-state index in [1.807, 2.05) is 0 Å². The minimum absolute atomic E-state index is 0.0625. The highest BCUT2D eigenvalue weighted by Gasteiger charge is 2.08. The van der Waals surface area contributed by atoms with E-state index in [0.717, 1.165) is 19.3 Å². The third kappa shape index (κ3) is 6.87. The first-order chi connectivity index (χ1) is 6.57. The molecule has 0 aromatic heterocycles. The highest BCUT2D eigenvalue weighted by Crippen LogP contribution is 2.18. The third-order valence-corrected chi connectivity index (χ3v) is 2.50. The molecule has 0 aromatic rings. The fourth-order valence-electron chi connectivity index (χ4n) is 1.07. The SMILES string of the molecule is CCCCCC=C(C[PH](=O)O)C(=O)O. The molecule has 82 valence electrons. The summed E-state index contributed by atoms with van der Waals surface area (Å²) in [7, 11) is -2.72. The molecule has 0 spiro atoms. The Labute approximate surface area is 84.5 Å². The highest BCUT2D eigenvalue weighted by molar-refractivity contribution is 7.38. The molecule has 0 fully saturated rings. The van der Waals surface area contributed by atoms with Gasteiger partial charge in [0.2, 0.25) is 0 Å². The third-order valence-electron chi connectivity index (χ3n) is 1.81. The zero-order chi connectivity index (χ0) is 11.0. The standard InChI is InChI=1S/C9H17O4P/c1-2-3-4-5-6-8(9(10)11)7-14(12)13/h6,14H,2-5,7H2,1H3,(H,10,11)(H,12,13). The summed E-state index contributed by atoms with van der Waals surface area (Å²) in [5.74, 6) is -1.09. The molecule has 0 aliphatic carbocycles. The number of allylic oxidation sites excluding steroid dienone is 1. The summed E-state index contributed by atoms with van der Waals surface area (Å²) in [6.45, 7) is 2.06. The number of carbonyl (C=O) groups is 1. The molecule has 0 heterocycles. The van der Waals surface area contributed by atoms with E-state index >= 15 is 0 Å². The number of rotatable bonds is 7. The second-order valence-corrected chi connectivity index (χ2v) is 4.24. The largest absolute Gasteiger partial charge is 0.478 e. The van der Waals surface area contributed by atoms with Crippen LogP contribution in [0.25, 0.3) is 0 Å². The average Bonchev–Trinajstić information content (AvgIpc) is 2.09. The fourth-order valence-corrected chi connectivity index (χ4v) is 1.69. The lowest BCUT2D eigenvalue weighted by molar-refractivity contribution is -0.132. The molecule has 0 saturated carbocycles. The lowest BCUT2D eigenvalue weighted by Gasteiger charge is -1.99. The van der Waals surface area contributed by atoms with E-state index in [1.165, 1.54) is 0 Å². The Morgan fingerprint density at radius 2 is 2.07 bits per heavy atom. The van der Waals surface area contributed by atoms with Crippen molar-refractivity contribution in [3.63, 3.8) is 0 Å². The van der Waals surface area contributed by atoms with Gasteiger partial charge in [-0.25, -0.2) is 4.79 Å². The lowest BCUT2D eigenvalue weighted by atomic mass is 10.1. The molecule has 0 bridgehead atoms. The van der Waals surface area contributed by atoms with Crippen LogP contribution in [0, 0.1) is 0 Å². The van der Waals surface area contributed by atoms with E-state index in [9.17, 15) is 9.36 Å². The highest BCUT2D eigenvalue weighted by atomic mass is 31.1. The number of carboxylic acids is 1. The van der Waals surface area contributed by atoms with Crippen molar-refractivity contribution in [2.45, 2.75) is 32.6 Å². The van der Waals surface area contributed by atoms with E-state index in [-0.39, 0.29) is 11.7 Å². The Balaban J connectivity index is 4.06. The van der Waals surface area contributed by atoms with Crippen LogP contribution in [0.3, 0.4) is 0 Å². The maximum absolute atomic E-state index is 10.6. The molecule has 0 aliphatic heterocycles. The van der Waals surface area contributed by atoms with Crippen molar-refractivity contribution in [3.05, 3.63) is 11.6 Å². The maximum atomic E-state index is 10.6. The minimum Gasteiger partial charge on any atom is -0.478 e. The van der Waals surface area contributed by atoms with Gasteiger partial charge < -0.3 is 10.00 Å². The maximum Gasteiger partial charge on any atom is 0.331 e. The van der Waals surface area contributed by atoms with Crippen LogP contribution in [-0.4, -0.2) is 22.1 Å². The minimum atomic E-state index is -2.72. The molecule has 0 saturated heterocycles. The Bertz CT molecular complexity index is 235. The zero-order valence-electron chi connectivity index (χ0n) is 8.32. The Morgan fingerprint density at radius 3 is 2.50 bits per heavy atom. The van der Waals surface area contributed by atoms with Crippen LogP contribution in [0.1, 0.15) is 32.6 Å². The first-order valence-corrected chi connectivity index (χ1v) is 6.28. The first-order valence-electron chi connectivity index (χ1n) is 4.72. The summed E-state index contributed by atoms with van der Waals surface area (Å²) in [5.41, 5.74) is 0.0625. The van der Waals surface area contributed by atoms with E-state index in [0.29, 0.717) is 6.42 Å². The molecule has 0 radical (unpaired) electrons. The number of aliphatic carboxylic acids is 1. The van der Waals surface area contributed by atoms with Gasteiger partial charge in [-0.3, -0.25) is 4.57 Å². The van der Waals surface area contributed by atoms with Crippen molar-refractivity contribution in [1.82, 2.24) is 0 Å². The average molecular weight is 220 g/mol. The van der Waals surface area contributed by atoms with Crippen molar-refractivity contribution in [1.29, 1.82) is 0 Å². The van der Waals surface area contributed by atoms with E-state index in [2.05, 4.69) is 6.92 Å². The summed E-state index contributed by atoms with van der Waals surface area (Å²) in [6.07, 6.45) is 5.07. The molecule has 0 aromatic carbocycles. The number of carboxylic acid groups (broad SMARTS) is 1. The van der Waals surface area contributed by atoms with Gasteiger partial charge >= 0.3 is 5.97 Å². The summed E-state index contributed by atoms with van der Waals surface area (Å²) in [5, 5.41) is 8.68. The van der Waals surface area contributed by atoms with Gasteiger partial charge in [-0.15, -0.1) is 0 Å². The van der Waals surface area contributed by atoms with Crippen LogP contribution >= 0.6 is 8.03 Å². The van der Waals surface area contributed by atoms with E-state index < -0.39 is 14.0 Å². The van der Waals surface area contributed by atoms with Crippen LogP contribution < -0.4 is 0 Å². The molecule has 4 nitrogen and oxygen atoms in total. The van der Waals surface area contributed by atoms with Gasteiger partial charge in [0.25, 0.3) is 0 Å². The number of hydrogen-bond donors (Lipinski definition) is 2. The van der Waals surface area contributed by atoms with Crippen LogP contribution in [0.15, 0.2) is 11.6 Å². The van der Waals surface area contributed by atoms with Gasteiger partial charge in [-0.1, -0.05) is 25.8 Å². The quantitative estimate of drug-likeness (QED) is 0.391. The Kier molecular flexibility index (Phi) is 7.44. The predicted molar refractivity (Wildman–Crippen MR) is 55.9 cm³/mol. The zero-order valence-corrected chi connectivity index (χ0v) is 9.32. The van der Waals surface area contributed by atoms with Gasteiger partial charge in [0.05, 0.1) is 6.16 Å². The molecular formula is C9H17O4P. The molecule has 1 atom stereocenters. The van der Waals surface area contributed by atoms with Crippen molar-refractivity contribution in [2.75, 3.05) is 6.16 Å². The second-order valence-electron chi connectivity index (χ2n) is 3.10. The molecule has 0 rings (SSSR count). The van der Waals surface area contributed by atoms with Crippen LogP contribution in [-0.2, 0) is 9.36 Å². The van der Waals surface area contributed by atoms with E-state index in [4.69, 9.17) is 10.00 Å². The second kappa shape index (κ2) is 7.77. The van der Waals surface area contributed by atoms with Crippen molar-refractivity contribution >= 4 is 14.0 Å². The topological polar surface area (TPSA) is 74.6 Å². The van der Waals surface area contributed by atoms with Gasteiger partial charge in [0, 0.05) is 5.57 Å². The molecule has 0 aliphatic rings. The number of hydrogen-bond acceptors (Lipinski definition) is 2. The summed E-state index contributed by atoms with van der Waals surface area (Å²) >= 11 is 0. The summed E-state index contributed by atoms with van der Waals surface area (Å²) in [6, 6.07) is 0. The van der Waals surface area contributed by atoms with Gasteiger partial charge in [-0.2, -0.15) is 0 Å². The van der Waals surface area contributed by atoms with Crippen molar-refractivity contribution < 1.29 is 19.4 Å². The smallest absolute Gasteiger partial charge is 0.331 e. The molecule has 1 unspecified atom stereocenters. The molecule has 2 N–H and O–H groups in total. The van der Waals surface area contributed by atoms with Crippen molar-refractivity contribution in [2.24, 2.45) is 0 Å². The van der Waals surface area contributed by atoms with Crippen molar-refractivity contribution in [3.8, 4) is 0 Å². The molecule has 14 heavy (non-hydrogen) atoms. The monoisotopic (exact) mass is 220 g/mol. The Hall–Kier alpha value is -0.600. The van der Waals surface area contributed by atoms with Gasteiger partial charge in [0.15, 0.2) is 8.03 Å². The fraction of sp³-hybridized carbons (Fsp3) is 0.667. The van der Waals surface area contributed by atoms with Gasteiger partial charge in [-0.05, 0) is 12.8 Å². The van der Waals surface area contributed by atoms with Crippen LogP contribution in [0.5, 0.6) is 0 Å². The summed E-state index contributed by atoms with van der Waals surface area (Å²) in [4.78, 5) is 19.2. The number of unbranched alkanes of at least 4 members (excludes halogenated alkanes) is 3. The molecule has 5 heteroatoms. The summed E-state index contributed by atoms with van der Waals surface area (Å²) < 4.78 is 10.5. The lowest BCUT2D eigenvalue weighted by Crippen LogP contribution is -2.03. The predicted octanol–water partition coefficient (Wildman–Crippen LogP) is 2.04. The van der Waals surface area contributed by atoms with Crippen LogP contribution in [0.2, 0.25) is 0 Å². The van der Waals surface area contributed by atoms with Crippen LogP contribution in [0.4, 0.5) is 0 Å². The first kappa shape index (κ1) is 13.4. The normalized spacial score (nSPS) is 14.0. The Morgan fingerprint density at radius 1 is 1.43 bits per heavy atom. The molecular weight excluding hydrogens is 203 g/mol. The van der Waals surface area contributed by atoms with E-state index in [1.54, 1.807) is 6.08 Å².